The van der Waals surface area contributed by atoms with E-state index in [4.69, 9.17) is 18.9 Å². The second kappa shape index (κ2) is 14.5. The van der Waals surface area contributed by atoms with Crippen LogP contribution in [0, 0.1) is 28.4 Å². The Labute approximate surface area is 274 Å². The van der Waals surface area contributed by atoms with Gasteiger partial charge in [0.15, 0.2) is 17.4 Å². The number of nitrogens with zero attached hydrogens (tertiary/aromatic N) is 3. The molecule has 0 aliphatic carbocycles. The van der Waals surface area contributed by atoms with Gasteiger partial charge in [-0.25, -0.2) is 18.6 Å². The van der Waals surface area contributed by atoms with Crippen molar-refractivity contribution in [3.8, 4) is 34.4 Å². The normalized spacial score (nSPS) is 13.8. The molecule has 2 aromatic heterocycles. The van der Waals surface area contributed by atoms with E-state index < -0.39 is 32.2 Å². The molecule has 0 atom stereocenters. The number of pyridine rings is 1. The molecule has 2 amide bonds. The maximum absolute atomic E-state index is 15.4. The molecule has 0 saturated carbocycles. The van der Waals surface area contributed by atoms with Crippen LogP contribution in [0.5, 0.6) is 17.2 Å². The maximum atomic E-state index is 15.4. The number of benzene rings is 2. The van der Waals surface area contributed by atoms with Gasteiger partial charge in [0.2, 0.25) is 0 Å². The lowest BCUT2D eigenvalue weighted by molar-refractivity contribution is -0.0974. The van der Waals surface area contributed by atoms with Crippen LogP contribution < -0.4 is 20.1 Å². The lowest BCUT2D eigenvalue weighted by atomic mass is 9.89. The second-order valence-corrected chi connectivity index (χ2v) is 15.4. The molecule has 1 saturated heterocycles. The van der Waals surface area contributed by atoms with Gasteiger partial charge in [-0.3, -0.25) is 0 Å². The fourth-order valence-corrected chi connectivity index (χ4v) is 5.58. The van der Waals surface area contributed by atoms with Crippen molar-refractivity contribution < 1.29 is 32.5 Å². The van der Waals surface area contributed by atoms with Crippen LogP contribution in [0.2, 0.25) is 19.1 Å². The molecule has 2 N–H and O–H groups in total. The number of fused-ring (bicyclic) bond motifs is 1. The number of halogens is 2. The van der Waals surface area contributed by atoms with Crippen molar-refractivity contribution in [2.24, 2.45) is 5.41 Å². The van der Waals surface area contributed by atoms with E-state index >= 15 is 8.78 Å². The maximum Gasteiger partial charge on any atom is 0.319 e. The zero-order chi connectivity index (χ0) is 33.7. The summed E-state index contributed by atoms with van der Waals surface area (Å²) in [5, 5.41) is 15.5. The largest absolute Gasteiger partial charge is 0.490 e. The van der Waals surface area contributed by atoms with E-state index in [2.05, 4.69) is 34.8 Å². The van der Waals surface area contributed by atoms with Gasteiger partial charge in [-0.2, -0.15) is 5.26 Å². The zero-order valence-corrected chi connectivity index (χ0v) is 28.1. The van der Waals surface area contributed by atoms with E-state index in [1.165, 1.54) is 12.3 Å². The quantitative estimate of drug-likeness (QED) is 0.114. The smallest absolute Gasteiger partial charge is 0.319 e. The van der Waals surface area contributed by atoms with Gasteiger partial charge >= 0.3 is 6.03 Å². The predicted octanol–water partition coefficient (Wildman–Crippen LogP) is 7.32. The number of amides is 2. The third kappa shape index (κ3) is 8.08. The number of nitriles is 1. The second-order valence-electron chi connectivity index (χ2n) is 12.5. The number of carbonyl (C=O) groups is 1. The van der Waals surface area contributed by atoms with Crippen LogP contribution in [-0.4, -0.2) is 56.8 Å². The SMILES string of the molecule is CC(C)Oc1ccc(-c2cn(COCC[Si](C)C)c3nccc(Oc4c(F)cc(NC(=O)NCC5(C)COC5)cc4F)c23)cc1C#N. The van der Waals surface area contributed by atoms with E-state index in [-0.39, 0.29) is 29.7 Å². The number of aromatic nitrogens is 2. The summed E-state index contributed by atoms with van der Waals surface area (Å²) in [6.45, 7) is 12.3. The predicted molar refractivity (Wildman–Crippen MR) is 176 cm³/mol. The van der Waals surface area contributed by atoms with Crippen molar-refractivity contribution in [1.29, 1.82) is 5.26 Å². The van der Waals surface area contributed by atoms with Crippen LogP contribution in [0.3, 0.4) is 0 Å². The number of urea groups is 1. The topological polar surface area (TPSA) is 120 Å². The molecule has 1 fully saturated rings. The number of anilines is 1. The number of nitrogens with one attached hydrogen (secondary N) is 2. The first-order chi connectivity index (χ1) is 22.5. The highest BCUT2D eigenvalue weighted by Gasteiger charge is 2.33. The van der Waals surface area contributed by atoms with Crippen molar-refractivity contribution in [1.82, 2.24) is 14.9 Å². The van der Waals surface area contributed by atoms with Crippen molar-refractivity contribution in [2.75, 3.05) is 31.7 Å². The first kappa shape index (κ1) is 33.8. The van der Waals surface area contributed by atoms with Gasteiger partial charge in [-0.15, -0.1) is 0 Å². The molecule has 1 radical (unpaired) electrons. The van der Waals surface area contributed by atoms with Gasteiger partial charge in [-0.1, -0.05) is 26.1 Å². The Morgan fingerprint density at radius 1 is 1.17 bits per heavy atom. The number of hydrogen-bond donors (Lipinski definition) is 2. The monoisotopic (exact) mass is 662 g/mol. The zero-order valence-electron chi connectivity index (χ0n) is 27.1. The van der Waals surface area contributed by atoms with E-state index in [9.17, 15) is 10.1 Å². The van der Waals surface area contributed by atoms with E-state index in [1.54, 1.807) is 16.7 Å². The molecule has 13 heteroatoms. The van der Waals surface area contributed by atoms with Crippen molar-refractivity contribution in [3.63, 3.8) is 0 Å². The Morgan fingerprint density at radius 3 is 2.55 bits per heavy atom. The summed E-state index contributed by atoms with van der Waals surface area (Å²) in [5.74, 6) is -2.07. The Bertz CT molecular complexity index is 1780. The molecule has 47 heavy (non-hydrogen) atoms. The molecule has 0 spiro atoms. The summed E-state index contributed by atoms with van der Waals surface area (Å²) < 4.78 is 55.4. The molecular weight excluding hydrogens is 624 g/mol. The standard InChI is InChI=1S/C34H38F2N5O5Si/c1-21(2)45-28-7-6-22(12-23(28)15-37)25-16-41(20-43-10-11-47(4)5)32-30(25)29(8-9-38-32)46-31-26(35)13-24(14-27(31)36)40-33(42)39-17-34(3)18-44-19-34/h6-9,12-14,16,21H,10-11,17-20H2,1-5H3,(H2,39,40,42). The Kier molecular flexibility index (Phi) is 10.4. The van der Waals surface area contributed by atoms with Gasteiger partial charge in [0.05, 0.1) is 30.3 Å². The van der Waals surface area contributed by atoms with Crippen molar-refractivity contribution in [3.05, 3.63) is 66.0 Å². The lowest BCUT2D eigenvalue weighted by Gasteiger charge is -2.37. The number of carbonyl (C=O) groups excluding carboxylic acids is 1. The van der Waals surface area contributed by atoms with Crippen LogP contribution in [0.25, 0.3) is 22.2 Å². The molecule has 10 nitrogen and oxygen atoms in total. The minimum Gasteiger partial charge on any atom is -0.490 e. The molecule has 247 valence electrons. The molecule has 2 aromatic carbocycles. The van der Waals surface area contributed by atoms with Gasteiger partial charge in [0, 0.05) is 63.1 Å². The third-order valence-corrected chi connectivity index (χ3v) is 8.72. The van der Waals surface area contributed by atoms with E-state index in [0.29, 0.717) is 59.8 Å². The molecule has 5 rings (SSSR count). The van der Waals surface area contributed by atoms with Crippen LogP contribution in [0.15, 0.2) is 48.8 Å². The average Bonchev–Trinajstić information content (AvgIpc) is 3.38. The highest BCUT2D eigenvalue weighted by molar-refractivity contribution is 6.55. The fourth-order valence-electron chi connectivity index (χ4n) is 5.03. The molecule has 1 aliphatic rings. The van der Waals surface area contributed by atoms with Gasteiger partial charge in [0.1, 0.15) is 29.9 Å². The average molecular weight is 663 g/mol. The van der Waals surface area contributed by atoms with Crippen molar-refractivity contribution >= 4 is 31.5 Å². The summed E-state index contributed by atoms with van der Waals surface area (Å²) in [7, 11) is -0.469. The number of ether oxygens (including phenoxy) is 4. The Hall–Kier alpha value is -4.51. The minimum atomic E-state index is -1.01. The van der Waals surface area contributed by atoms with Crippen molar-refractivity contribution in [2.45, 2.75) is 52.7 Å². The molecule has 4 aromatic rings. The Balaban J connectivity index is 1.47. The molecule has 3 heterocycles. The summed E-state index contributed by atoms with van der Waals surface area (Å²) in [4.78, 5) is 16.9. The Morgan fingerprint density at radius 2 is 1.91 bits per heavy atom. The first-order valence-corrected chi connectivity index (χ1v) is 18.0. The van der Waals surface area contributed by atoms with Crippen LogP contribution >= 0.6 is 0 Å². The molecule has 0 bridgehead atoms. The van der Waals surface area contributed by atoms with Gasteiger partial charge in [-0.05, 0) is 43.7 Å². The van der Waals surface area contributed by atoms with Crippen LogP contribution in [0.4, 0.5) is 19.3 Å². The summed E-state index contributed by atoms with van der Waals surface area (Å²) >= 11 is 0. The minimum absolute atomic E-state index is 0.0693. The summed E-state index contributed by atoms with van der Waals surface area (Å²) in [6.07, 6.45) is 3.18. The van der Waals surface area contributed by atoms with Gasteiger partial charge in [0.25, 0.3) is 0 Å². The fraction of sp³-hybridized carbons (Fsp3) is 0.382. The van der Waals surface area contributed by atoms with E-state index in [0.717, 1.165) is 18.2 Å². The number of hydrogen-bond acceptors (Lipinski definition) is 7. The summed E-state index contributed by atoms with van der Waals surface area (Å²) in [6, 6.07) is 11.3. The van der Waals surface area contributed by atoms with Gasteiger partial charge < -0.3 is 34.1 Å². The number of rotatable bonds is 13. The van der Waals surface area contributed by atoms with Crippen LogP contribution in [0.1, 0.15) is 26.3 Å². The summed E-state index contributed by atoms with van der Waals surface area (Å²) in [5.41, 5.74) is 1.84. The first-order valence-electron chi connectivity index (χ1n) is 15.3. The molecule has 0 unspecified atom stereocenters. The highest BCUT2D eigenvalue weighted by Crippen LogP contribution is 2.41. The lowest BCUT2D eigenvalue weighted by Crippen LogP contribution is -2.49. The highest BCUT2D eigenvalue weighted by atomic mass is 28.3. The molecular formula is C34H38F2N5O5Si. The third-order valence-electron chi connectivity index (χ3n) is 7.51. The van der Waals surface area contributed by atoms with Crippen LogP contribution in [-0.2, 0) is 16.2 Å². The van der Waals surface area contributed by atoms with E-state index in [1.807, 2.05) is 33.0 Å². The molecule has 1 aliphatic heterocycles.